The van der Waals surface area contributed by atoms with Crippen LogP contribution >= 0.6 is 0 Å². The summed E-state index contributed by atoms with van der Waals surface area (Å²) in [7, 11) is 3.17. The van der Waals surface area contributed by atoms with E-state index in [0.29, 0.717) is 23.6 Å². The molecule has 0 bridgehead atoms. The van der Waals surface area contributed by atoms with Crippen LogP contribution in [0.4, 0.5) is 0 Å². The van der Waals surface area contributed by atoms with Crippen molar-refractivity contribution in [1.82, 2.24) is 4.57 Å². The number of rotatable bonds is 6. The normalized spacial score (nSPS) is 12.7. The van der Waals surface area contributed by atoms with Crippen molar-refractivity contribution in [2.75, 3.05) is 14.2 Å². The lowest BCUT2D eigenvalue weighted by atomic mass is 10.1. The van der Waals surface area contributed by atoms with Gasteiger partial charge in [0.05, 0.1) is 27.2 Å². The number of benzene rings is 2. The molecule has 0 fully saturated rings. The van der Waals surface area contributed by atoms with Crippen molar-refractivity contribution in [3.63, 3.8) is 0 Å². The van der Waals surface area contributed by atoms with E-state index < -0.39 is 0 Å². The first kappa shape index (κ1) is 17.3. The lowest BCUT2D eigenvalue weighted by molar-refractivity contribution is -0.689. The Hall–Kier alpha value is -3.08. The summed E-state index contributed by atoms with van der Waals surface area (Å²) in [4.78, 5) is 12.9. The molecule has 0 radical (unpaired) electrons. The number of imidazole rings is 1. The second-order valence-corrected chi connectivity index (χ2v) is 6.67. The highest BCUT2D eigenvalue weighted by Gasteiger charge is 2.29. The minimum absolute atomic E-state index is 0.0564. The Morgan fingerprint density at radius 1 is 1.07 bits per heavy atom. The standard InChI is InChI=1S/C22H23N2O3/c1-26-20-11-10-17(13-21(20)27-2)19(25)15-23-14-18(16-7-4-3-5-8-16)24-12-6-9-22(23)24/h3-5,7-8,10-11,13-14H,6,9,12,15H2,1-2H3/q+1. The molecule has 0 aliphatic carbocycles. The fraction of sp³-hybridized carbons (Fsp3) is 0.273. The van der Waals surface area contributed by atoms with Crippen LogP contribution in [0, 0.1) is 0 Å². The zero-order valence-corrected chi connectivity index (χ0v) is 15.6. The maximum Gasteiger partial charge on any atom is 0.257 e. The van der Waals surface area contributed by atoms with Crippen LogP contribution in [-0.2, 0) is 19.5 Å². The number of ether oxygens (including phenoxy) is 2. The maximum absolute atomic E-state index is 12.9. The van der Waals surface area contributed by atoms with Gasteiger partial charge in [-0.25, -0.2) is 9.13 Å². The van der Waals surface area contributed by atoms with Crippen molar-refractivity contribution in [3.8, 4) is 22.8 Å². The van der Waals surface area contributed by atoms with E-state index >= 15 is 0 Å². The number of hydrogen-bond acceptors (Lipinski definition) is 3. The van der Waals surface area contributed by atoms with E-state index in [1.807, 2.05) is 18.2 Å². The summed E-state index contributed by atoms with van der Waals surface area (Å²) in [5.41, 5.74) is 2.97. The number of nitrogens with zero attached hydrogens (tertiary/aromatic N) is 2. The Morgan fingerprint density at radius 2 is 1.85 bits per heavy atom. The highest BCUT2D eigenvalue weighted by atomic mass is 16.5. The predicted molar refractivity (Wildman–Crippen MR) is 102 cm³/mol. The number of hydrogen-bond donors (Lipinski definition) is 0. The fourth-order valence-corrected chi connectivity index (χ4v) is 3.74. The van der Waals surface area contributed by atoms with Crippen LogP contribution in [0.2, 0.25) is 0 Å². The summed E-state index contributed by atoms with van der Waals surface area (Å²) in [6, 6.07) is 15.6. The van der Waals surface area contributed by atoms with E-state index in [0.717, 1.165) is 19.4 Å². The van der Waals surface area contributed by atoms with Gasteiger partial charge >= 0.3 is 0 Å². The molecule has 0 amide bonds. The molecule has 27 heavy (non-hydrogen) atoms. The number of fused-ring (bicyclic) bond motifs is 1. The van der Waals surface area contributed by atoms with Crippen molar-refractivity contribution >= 4 is 5.78 Å². The van der Waals surface area contributed by atoms with Crippen LogP contribution in [-0.4, -0.2) is 24.6 Å². The third-order valence-electron chi connectivity index (χ3n) is 5.08. The Bertz CT molecular complexity index is 977. The van der Waals surface area contributed by atoms with Crippen LogP contribution in [0.15, 0.2) is 54.7 Å². The van der Waals surface area contributed by atoms with Gasteiger partial charge in [0.25, 0.3) is 5.82 Å². The molecule has 4 rings (SSSR count). The van der Waals surface area contributed by atoms with Crippen molar-refractivity contribution in [1.29, 1.82) is 0 Å². The van der Waals surface area contributed by atoms with Crippen molar-refractivity contribution < 1.29 is 18.8 Å². The zero-order valence-electron chi connectivity index (χ0n) is 15.6. The monoisotopic (exact) mass is 363 g/mol. The van der Waals surface area contributed by atoms with E-state index in [2.05, 4.69) is 27.5 Å². The molecule has 2 heterocycles. The van der Waals surface area contributed by atoms with E-state index in [4.69, 9.17) is 9.47 Å². The maximum atomic E-state index is 12.9. The topological polar surface area (TPSA) is 44.3 Å². The molecule has 0 unspecified atom stereocenters. The first-order valence-corrected chi connectivity index (χ1v) is 9.13. The van der Waals surface area contributed by atoms with Gasteiger partial charge < -0.3 is 9.47 Å². The van der Waals surface area contributed by atoms with Gasteiger partial charge in [-0.1, -0.05) is 30.3 Å². The SMILES string of the molecule is COc1ccc(C(=O)C[n+]2cc(-c3ccccc3)n3c2CCC3)cc1OC. The van der Waals surface area contributed by atoms with Gasteiger partial charge in [0.2, 0.25) is 5.78 Å². The summed E-state index contributed by atoms with van der Waals surface area (Å²) < 4.78 is 15.0. The van der Waals surface area contributed by atoms with Crippen LogP contribution in [0.1, 0.15) is 22.6 Å². The minimum Gasteiger partial charge on any atom is -0.493 e. The molecule has 0 N–H and O–H groups in total. The van der Waals surface area contributed by atoms with Crippen molar-refractivity contribution in [3.05, 3.63) is 66.1 Å². The summed E-state index contributed by atoms with van der Waals surface area (Å²) in [5, 5.41) is 0. The predicted octanol–water partition coefficient (Wildman–Crippen LogP) is 3.29. The lowest BCUT2D eigenvalue weighted by Crippen LogP contribution is -2.40. The zero-order chi connectivity index (χ0) is 18.8. The van der Waals surface area contributed by atoms with Gasteiger partial charge in [0.15, 0.2) is 23.7 Å². The van der Waals surface area contributed by atoms with Gasteiger partial charge in [-0.15, -0.1) is 0 Å². The highest BCUT2D eigenvalue weighted by Crippen LogP contribution is 2.28. The molecule has 3 aromatic rings. The molecule has 0 saturated carbocycles. The lowest BCUT2D eigenvalue weighted by Gasteiger charge is -2.08. The number of methoxy groups -OCH3 is 2. The fourth-order valence-electron chi connectivity index (χ4n) is 3.74. The summed E-state index contributed by atoms with van der Waals surface area (Å²) in [6.07, 6.45) is 4.20. The molecule has 2 aromatic carbocycles. The smallest absolute Gasteiger partial charge is 0.257 e. The van der Waals surface area contributed by atoms with Crippen LogP contribution in [0.5, 0.6) is 11.5 Å². The third-order valence-corrected chi connectivity index (χ3v) is 5.08. The van der Waals surface area contributed by atoms with Crippen molar-refractivity contribution in [2.24, 2.45) is 0 Å². The molecule has 1 aromatic heterocycles. The van der Waals surface area contributed by atoms with Gasteiger partial charge in [-0.2, -0.15) is 0 Å². The molecule has 0 atom stereocenters. The average molecular weight is 363 g/mol. The minimum atomic E-state index is 0.0564. The Morgan fingerprint density at radius 3 is 2.59 bits per heavy atom. The van der Waals surface area contributed by atoms with Crippen molar-refractivity contribution in [2.45, 2.75) is 25.9 Å². The quantitative estimate of drug-likeness (QED) is 0.499. The van der Waals surface area contributed by atoms with E-state index in [1.54, 1.807) is 32.4 Å². The van der Waals surface area contributed by atoms with Gasteiger partial charge in [-0.3, -0.25) is 4.79 Å². The summed E-state index contributed by atoms with van der Waals surface area (Å²) >= 11 is 0. The van der Waals surface area contributed by atoms with Crippen LogP contribution in [0.25, 0.3) is 11.3 Å². The molecule has 0 saturated heterocycles. The van der Waals surface area contributed by atoms with Crippen LogP contribution < -0.4 is 14.0 Å². The average Bonchev–Trinajstić information content (AvgIpc) is 3.32. The number of carbonyl (C=O) groups is 1. The summed E-state index contributed by atoms with van der Waals surface area (Å²) in [5.74, 6) is 2.46. The molecule has 1 aliphatic rings. The molecular weight excluding hydrogens is 340 g/mol. The third kappa shape index (κ3) is 3.21. The second kappa shape index (κ2) is 7.27. The second-order valence-electron chi connectivity index (χ2n) is 6.67. The molecule has 5 heteroatoms. The summed E-state index contributed by atoms with van der Waals surface area (Å²) in [6.45, 7) is 1.31. The highest BCUT2D eigenvalue weighted by molar-refractivity contribution is 5.95. The Balaban J connectivity index is 1.65. The van der Waals surface area contributed by atoms with E-state index in [9.17, 15) is 4.79 Å². The Labute approximate surface area is 158 Å². The molecule has 5 nitrogen and oxygen atoms in total. The number of aromatic nitrogens is 2. The number of Topliss-reactive ketones (excluding diaryl/α,β-unsaturated/α-hetero) is 1. The van der Waals surface area contributed by atoms with Gasteiger partial charge in [0.1, 0.15) is 6.20 Å². The van der Waals surface area contributed by atoms with Gasteiger partial charge in [0, 0.05) is 11.1 Å². The van der Waals surface area contributed by atoms with Crippen LogP contribution in [0.3, 0.4) is 0 Å². The molecule has 138 valence electrons. The first-order valence-electron chi connectivity index (χ1n) is 9.13. The molecule has 1 aliphatic heterocycles. The largest absolute Gasteiger partial charge is 0.493 e. The number of carbonyl (C=O) groups excluding carboxylic acids is 1. The first-order chi connectivity index (χ1) is 13.2. The van der Waals surface area contributed by atoms with Gasteiger partial charge in [-0.05, 0) is 24.6 Å². The molecule has 0 spiro atoms. The molecular formula is C22H23N2O3+. The van der Waals surface area contributed by atoms with E-state index in [1.165, 1.54) is 17.1 Å². The Kier molecular flexibility index (Phi) is 4.67. The van der Waals surface area contributed by atoms with E-state index in [-0.39, 0.29) is 5.78 Å². The number of ketones is 1.